The number of carbonyl (C=O) groups excluding carboxylic acids is 2. The highest BCUT2D eigenvalue weighted by Gasteiger charge is 2.35. The van der Waals surface area contributed by atoms with Gasteiger partial charge in [0.15, 0.2) is 0 Å². The third-order valence-corrected chi connectivity index (χ3v) is 6.45. The Morgan fingerprint density at radius 2 is 1.81 bits per heavy atom. The van der Waals surface area contributed by atoms with Crippen LogP contribution in [0.25, 0.3) is 0 Å². The zero-order chi connectivity index (χ0) is 25.8. The van der Waals surface area contributed by atoms with Crippen molar-refractivity contribution in [2.75, 3.05) is 60.4 Å². The molecule has 3 heterocycles. The van der Waals surface area contributed by atoms with Crippen LogP contribution in [-0.2, 0) is 14.3 Å². The highest BCUT2D eigenvalue weighted by atomic mass is 16.5. The maximum atomic E-state index is 12.9. The van der Waals surface area contributed by atoms with Crippen LogP contribution in [-0.4, -0.2) is 61.7 Å². The van der Waals surface area contributed by atoms with Crippen LogP contribution in [0.4, 0.5) is 28.7 Å². The number of nitrogens with one attached hydrogen (secondary N) is 2. The molecule has 1 atom stereocenters. The molecule has 10 heteroatoms. The van der Waals surface area contributed by atoms with Crippen molar-refractivity contribution < 1.29 is 19.1 Å². The van der Waals surface area contributed by atoms with E-state index >= 15 is 0 Å². The summed E-state index contributed by atoms with van der Waals surface area (Å²) < 4.78 is 10.7. The van der Waals surface area contributed by atoms with Crippen LogP contribution in [0.5, 0.6) is 5.75 Å². The second-order valence-corrected chi connectivity index (χ2v) is 9.06. The van der Waals surface area contributed by atoms with Gasteiger partial charge in [0.1, 0.15) is 23.2 Å². The lowest BCUT2D eigenvalue weighted by molar-refractivity contribution is -0.122. The predicted molar refractivity (Wildman–Crippen MR) is 142 cm³/mol. The Bertz CT molecular complexity index is 1280. The van der Waals surface area contributed by atoms with Gasteiger partial charge in [0.05, 0.1) is 26.2 Å². The minimum absolute atomic E-state index is 0.0791. The molecule has 2 N–H and O–H groups in total. The maximum absolute atomic E-state index is 12.9. The highest BCUT2D eigenvalue weighted by Crippen LogP contribution is 2.29. The molecule has 2 saturated heterocycles. The Morgan fingerprint density at radius 3 is 2.57 bits per heavy atom. The number of nitrogens with zero attached hydrogens (tertiary/aromatic N) is 4. The van der Waals surface area contributed by atoms with E-state index in [1.807, 2.05) is 55.5 Å². The van der Waals surface area contributed by atoms with Crippen LogP contribution in [0.15, 0.2) is 54.6 Å². The normalized spacial score (nSPS) is 17.6. The fourth-order valence-electron chi connectivity index (χ4n) is 4.51. The van der Waals surface area contributed by atoms with Crippen molar-refractivity contribution in [1.82, 2.24) is 9.97 Å². The number of anilines is 5. The van der Waals surface area contributed by atoms with Gasteiger partial charge in [0.2, 0.25) is 11.8 Å². The second-order valence-electron chi connectivity index (χ2n) is 9.06. The van der Waals surface area contributed by atoms with Crippen molar-refractivity contribution >= 4 is 40.5 Å². The molecule has 2 aliphatic heterocycles. The molecule has 2 aromatic carbocycles. The van der Waals surface area contributed by atoms with E-state index in [-0.39, 0.29) is 18.2 Å². The van der Waals surface area contributed by atoms with Gasteiger partial charge in [-0.1, -0.05) is 6.07 Å². The lowest BCUT2D eigenvalue weighted by atomic mass is 10.1. The largest absolute Gasteiger partial charge is 0.497 e. The summed E-state index contributed by atoms with van der Waals surface area (Å²) >= 11 is 0. The first-order valence-electron chi connectivity index (χ1n) is 12.3. The molecule has 10 nitrogen and oxygen atoms in total. The Balaban J connectivity index is 1.20. The molecule has 2 fully saturated rings. The van der Waals surface area contributed by atoms with Gasteiger partial charge >= 0.3 is 0 Å². The van der Waals surface area contributed by atoms with E-state index in [0.29, 0.717) is 42.8 Å². The molecule has 0 radical (unpaired) electrons. The molecule has 2 aliphatic rings. The quantitative estimate of drug-likeness (QED) is 0.506. The molecule has 0 saturated carbocycles. The van der Waals surface area contributed by atoms with Crippen molar-refractivity contribution in [2.45, 2.75) is 13.3 Å². The summed E-state index contributed by atoms with van der Waals surface area (Å²) in [7, 11) is 1.58. The third-order valence-electron chi connectivity index (χ3n) is 6.45. The van der Waals surface area contributed by atoms with Crippen molar-refractivity contribution in [3.05, 3.63) is 60.4 Å². The molecular formula is C27H30N6O4. The molecule has 0 bridgehead atoms. The lowest BCUT2D eigenvalue weighted by Gasteiger charge is -2.28. The lowest BCUT2D eigenvalue weighted by Crippen LogP contribution is -2.36. The minimum Gasteiger partial charge on any atom is -0.497 e. The zero-order valence-corrected chi connectivity index (χ0v) is 20.9. The summed E-state index contributed by atoms with van der Waals surface area (Å²) in [4.78, 5) is 38.4. The molecule has 1 aromatic heterocycles. The molecule has 37 heavy (non-hydrogen) atoms. The van der Waals surface area contributed by atoms with E-state index in [1.54, 1.807) is 18.1 Å². The number of hydrogen-bond donors (Lipinski definition) is 2. The zero-order valence-electron chi connectivity index (χ0n) is 20.9. The fourth-order valence-corrected chi connectivity index (χ4v) is 4.51. The molecule has 192 valence electrons. The average Bonchev–Trinajstić information content (AvgIpc) is 3.32. The summed E-state index contributed by atoms with van der Waals surface area (Å²) in [5.41, 5.74) is 2.23. The average molecular weight is 503 g/mol. The number of aryl methyl sites for hydroxylation is 1. The first-order chi connectivity index (χ1) is 18.0. The number of carbonyl (C=O) groups is 2. The minimum atomic E-state index is -0.431. The van der Waals surface area contributed by atoms with Crippen molar-refractivity contribution in [3.8, 4) is 5.75 Å². The van der Waals surface area contributed by atoms with E-state index in [9.17, 15) is 9.59 Å². The van der Waals surface area contributed by atoms with E-state index in [0.717, 1.165) is 30.3 Å². The first kappa shape index (κ1) is 24.5. The topological polar surface area (TPSA) is 109 Å². The van der Waals surface area contributed by atoms with Gasteiger partial charge in [-0.25, -0.2) is 9.97 Å². The molecular weight excluding hydrogens is 472 g/mol. The third kappa shape index (κ3) is 5.80. The number of morpholine rings is 1. The fraction of sp³-hybridized carbons (Fsp3) is 0.333. The van der Waals surface area contributed by atoms with Gasteiger partial charge in [-0.05, 0) is 43.3 Å². The number of aromatic nitrogens is 2. The molecule has 0 aliphatic carbocycles. The summed E-state index contributed by atoms with van der Waals surface area (Å²) in [5, 5.41) is 6.25. The van der Waals surface area contributed by atoms with Gasteiger partial charge in [-0.3, -0.25) is 9.59 Å². The van der Waals surface area contributed by atoms with Crippen molar-refractivity contribution in [2.24, 2.45) is 5.92 Å². The summed E-state index contributed by atoms with van der Waals surface area (Å²) in [5.74, 6) is 2.24. The molecule has 0 spiro atoms. The van der Waals surface area contributed by atoms with Gasteiger partial charge in [0, 0.05) is 55.2 Å². The molecule has 2 amide bonds. The van der Waals surface area contributed by atoms with Crippen LogP contribution in [0, 0.1) is 12.8 Å². The van der Waals surface area contributed by atoms with E-state index in [2.05, 4.69) is 25.5 Å². The second kappa shape index (κ2) is 10.8. The summed E-state index contributed by atoms with van der Waals surface area (Å²) in [6.07, 6.45) is 0.168. The number of benzene rings is 2. The Morgan fingerprint density at radius 1 is 1.05 bits per heavy atom. The van der Waals surface area contributed by atoms with Gasteiger partial charge in [-0.2, -0.15) is 0 Å². The van der Waals surface area contributed by atoms with Crippen molar-refractivity contribution in [1.29, 1.82) is 0 Å². The van der Waals surface area contributed by atoms with Crippen LogP contribution in [0.3, 0.4) is 0 Å². The Kier molecular flexibility index (Phi) is 7.18. The molecule has 3 aromatic rings. The van der Waals surface area contributed by atoms with Gasteiger partial charge < -0.3 is 29.9 Å². The Labute approximate surface area is 215 Å². The number of rotatable bonds is 7. The SMILES string of the molecule is COc1cccc(N2CC(C(=O)Nc3ccc(Nc4cc(N5CCOCC5)nc(C)n4)cc3)CC2=O)c1. The van der Waals surface area contributed by atoms with Crippen LogP contribution >= 0.6 is 0 Å². The smallest absolute Gasteiger partial charge is 0.229 e. The maximum Gasteiger partial charge on any atom is 0.229 e. The first-order valence-corrected chi connectivity index (χ1v) is 12.3. The van der Waals surface area contributed by atoms with Gasteiger partial charge in [0.25, 0.3) is 0 Å². The van der Waals surface area contributed by atoms with E-state index in [1.165, 1.54) is 0 Å². The Hall–Kier alpha value is -4.18. The van der Waals surface area contributed by atoms with Crippen molar-refractivity contribution in [3.63, 3.8) is 0 Å². The monoisotopic (exact) mass is 502 g/mol. The number of methoxy groups -OCH3 is 1. The number of amides is 2. The standard InChI is InChI=1S/C27H30N6O4/c1-18-28-24(16-25(29-18)32-10-12-37-13-11-32)30-20-6-8-21(9-7-20)31-27(35)19-14-26(34)33(17-19)22-4-3-5-23(15-22)36-2/h3-9,15-16,19H,10-14,17H2,1-2H3,(H,31,35)(H,28,29,30). The van der Waals surface area contributed by atoms with E-state index in [4.69, 9.17) is 9.47 Å². The molecule has 1 unspecified atom stereocenters. The van der Waals surface area contributed by atoms with E-state index < -0.39 is 5.92 Å². The number of ether oxygens (including phenoxy) is 2. The number of hydrogen-bond acceptors (Lipinski definition) is 8. The van der Waals surface area contributed by atoms with Gasteiger partial charge in [-0.15, -0.1) is 0 Å². The van der Waals surface area contributed by atoms with Crippen LogP contribution in [0.2, 0.25) is 0 Å². The molecule has 5 rings (SSSR count). The highest BCUT2D eigenvalue weighted by molar-refractivity contribution is 6.03. The summed E-state index contributed by atoms with van der Waals surface area (Å²) in [6.45, 7) is 5.18. The summed E-state index contributed by atoms with van der Waals surface area (Å²) in [6, 6.07) is 16.6. The van der Waals surface area contributed by atoms with Crippen LogP contribution in [0.1, 0.15) is 12.2 Å². The van der Waals surface area contributed by atoms with Crippen LogP contribution < -0.4 is 25.2 Å². The predicted octanol–water partition coefficient (Wildman–Crippen LogP) is 3.37.